The maximum atomic E-state index is 12.4. The van der Waals surface area contributed by atoms with Crippen molar-refractivity contribution < 1.29 is 14.6 Å². The van der Waals surface area contributed by atoms with Crippen LogP contribution in [0.5, 0.6) is 5.75 Å². The molecule has 0 spiro atoms. The van der Waals surface area contributed by atoms with E-state index < -0.39 is 5.60 Å². The average Bonchev–Trinajstić information content (AvgIpc) is 3.05. The fraction of sp³-hybridized carbons (Fsp3) is 0.286. The first-order chi connectivity index (χ1) is 12.3. The van der Waals surface area contributed by atoms with Crippen LogP contribution < -0.4 is 10.1 Å². The SMILES string of the molecule is CC(C)Oc1ccc(C(=O)NCC(C)(O)c2cc3ccccc3s2)cc1. The summed E-state index contributed by atoms with van der Waals surface area (Å²) >= 11 is 1.54. The highest BCUT2D eigenvalue weighted by atomic mass is 32.1. The van der Waals surface area contributed by atoms with E-state index in [9.17, 15) is 9.90 Å². The normalized spacial score (nSPS) is 13.6. The van der Waals surface area contributed by atoms with Crippen molar-refractivity contribution in [1.82, 2.24) is 5.32 Å². The van der Waals surface area contributed by atoms with Gasteiger partial charge < -0.3 is 15.2 Å². The molecule has 0 bridgehead atoms. The van der Waals surface area contributed by atoms with E-state index in [1.807, 2.05) is 44.2 Å². The quantitative estimate of drug-likeness (QED) is 0.680. The molecule has 3 rings (SSSR count). The van der Waals surface area contributed by atoms with E-state index >= 15 is 0 Å². The first kappa shape index (κ1) is 18.4. The Balaban J connectivity index is 1.65. The van der Waals surface area contributed by atoms with E-state index in [4.69, 9.17) is 4.74 Å². The van der Waals surface area contributed by atoms with Crippen molar-refractivity contribution >= 4 is 27.3 Å². The zero-order chi connectivity index (χ0) is 18.7. The fourth-order valence-electron chi connectivity index (χ4n) is 2.65. The molecule has 1 unspecified atom stereocenters. The van der Waals surface area contributed by atoms with Crippen molar-refractivity contribution in [1.29, 1.82) is 0 Å². The fourth-order valence-corrected chi connectivity index (χ4v) is 3.75. The molecule has 3 aromatic rings. The van der Waals surface area contributed by atoms with Crippen molar-refractivity contribution in [3.05, 3.63) is 65.0 Å². The summed E-state index contributed by atoms with van der Waals surface area (Å²) in [7, 11) is 0. The summed E-state index contributed by atoms with van der Waals surface area (Å²) in [5.41, 5.74) is -0.590. The summed E-state index contributed by atoms with van der Waals surface area (Å²) < 4.78 is 6.70. The molecule has 2 aromatic carbocycles. The Labute approximate surface area is 157 Å². The molecule has 4 nitrogen and oxygen atoms in total. The Hall–Kier alpha value is -2.37. The molecule has 0 fully saturated rings. The lowest BCUT2D eigenvalue weighted by atomic mass is 10.0. The van der Waals surface area contributed by atoms with Gasteiger partial charge in [0.1, 0.15) is 11.4 Å². The number of hydrogen-bond donors (Lipinski definition) is 2. The molecule has 0 saturated carbocycles. The number of benzene rings is 2. The van der Waals surface area contributed by atoms with E-state index in [2.05, 4.69) is 5.32 Å². The molecule has 1 aromatic heterocycles. The van der Waals surface area contributed by atoms with Gasteiger partial charge in [-0.2, -0.15) is 0 Å². The van der Waals surface area contributed by atoms with E-state index in [1.54, 1.807) is 42.5 Å². The summed E-state index contributed by atoms with van der Waals surface area (Å²) in [6, 6.07) is 17.0. The first-order valence-electron chi connectivity index (χ1n) is 8.61. The van der Waals surface area contributed by atoms with Crippen LogP contribution in [-0.4, -0.2) is 23.7 Å². The van der Waals surface area contributed by atoms with Gasteiger partial charge in [0.15, 0.2) is 0 Å². The second kappa shape index (κ2) is 7.48. The first-order valence-corrected chi connectivity index (χ1v) is 9.43. The number of amides is 1. The van der Waals surface area contributed by atoms with Crippen molar-refractivity contribution in [3.8, 4) is 5.75 Å². The molecule has 5 heteroatoms. The van der Waals surface area contributed by atoms with Crippen LogP contribution in [0.25, 0.3) is 10.1 Å². The van der Waals surface area contributed by atoms with Gasteiger partial charge in [-0.1, -0.05) is 18.2 Å². The van der Waals surface area contributed by atoms with Crippen LogP contribution in [0.1, 0.15) is 36.0 Å². The number of ether oxygens (including phenoxy) is 1. The standard InChI is InChI=1S/C21H23NO3S/c1-14(2)25-17-10-8-15(9-11-17)20(23)22-13-21(3,24)19-12-16-6-4-5-7-18(16)26-19/h4-12,14,24H,13H2,1-3H3,(H,22,23). The highest BCUT2D eigenvalue weighted by Crippen LogP contribution is 2.32. The number of fused-ring (bicyclic) bond motifs is 1. The Morgan fingerprint density at radius 2 is 1.88 bits per heavy atom. The van der Waals surface area contributed by atoms with E-state index in [0.29, 0.717) is 5.56 Å². The zero-order valence-electron chi connectivity index (χ0n) is 15.2. The van der Waals surface area contributed by atoms with Crippen LogP contribution in [-0.2, 0) is 5.60 Å². The summed E-state index contributed by atoms with van der Waals surface area (Å²) in [6.07, 6.45) is 0.0890. The van der Waals surface area contributed by atoms with Gasteiger partial charge >= 0.3 is 0 Å². The van der Waals surface area contributed by atoms with E-state index in [1.165, 1.54) is 0 Å². The number of carbonyl (C=O) groups excluding carboxylic acids is 1. The second-order valence-corrected chi connectivity index (χ2v) is 7.88. The third-order valence-corrected chi connectivity index (χ3v) is 5.41. The molecular formula is C21H23NO3S. The molecule has 1 heterocycles. The predicted octanol–water partition coefficient (Wildman–Crippen LogP) is 4.33. The van der Waals surface area contributed by atoms with Crippen LogP contribution in [0.3, 0.4) is 0 Å². The van der Waals surface area contributed by atoms with Gasteiger partial charge in [0.05, 0.1) is 12.6 Å². The molecule has 0 aliphatic heterocycles. The number of carbonyl (C=O) groups is 1. The molecule has 1 atom stereocenters. The third kappa shape index (κ3) is 4.23. The van der Waals surface area contributed by atoms with Crippen LogP contribution >= 0.6 is 11.3 Å². The number of rotatable bonds is 6. The molecule has 0 aliphatic carbocycles. The van der Waals surface area contributed by atoms with Gasteiger partial charge in [0.2, 0.25) is 0 Å². The lowest BCUT2D eigenvalue weighted by molar-refractivity contribution is 0.0557. The minimum absolute atomic E-state index is 0.0890. The molecule has 26 heavy (non-hydrogen) atoms. The highest BCUT2D eigenvalue weighted by Gasteiger charge is 2.26. The Kier molecular flexibility index (Phi) is 5.30. The third-order valence-electron chi connectivity index (χ3n) is 4.04. The summed E-state index contributed by atoms with van der Waals surface area (Å²) in [6.45, 7) is 5.77. The Morgan fingerprint density at radius 3 is 2.54 bits per heavy atom. The Morgan fingerprint density at radius 1 is 1.19 bits per heavy atom. The largest absolute Gasteiger partial charge is 0.491 e. The van der Waals surface area contributed by atoms with Gasteiger partial charge in [-0.3, -0.25) is 4.79 Å². The van der Waals surface area contributed by atoms with Gasteiger partial charge in [0, 0.05) is 15.1 Å². The minimum Gasteiger partial charge on any atom is -0.491 e. The topological polar surface area (TPSA) is 58.6 Å². The minimum atomic E-state index is -1.12. The molecule has 136 valence electrons. The number of hydrogen-bond acceptors (Lipinski definition) is 4. The van der Waals surface area contributed by atoms with Crippen molar-refractivity contribution in [2.45, 2.75) is 32.5 Å². The summed E-state index contributed by atoms with van der Waals surface area (Å²) in [4.78, 5) is 13.2. The van der Waals surface area contributed by atoms with Gasteiger partial charge in [-0.15, -0.1) is 11.3 Å². The maximum absolute atomic E-state index is 12.4. The average molecular weight is 369 g/mol. The number of thiophene rings is 1. The van der Waals surface area contributed by atoms with Gasteiger partial charge in [0.25, 0.3) is 5.91 Å². The lowest BCUT2D eigenvalue weighted by Gasteiger charge is -2.22. The zero-order valence-corrected chi connectivity index (χ0v) is 16.0. The summed E-state index contributed by atoms with van der Waals surface area (Å²) in [5, 5.41) is 14.7. The van der Waals surface area contributed by atoms with Crippen LogP contribution in [0.15, 0.2) is 54.6 Å². The molecule has 0 saturated heterocycles. The smallest absolute Gasteiger partial charge is 0.251 e. The van der Waals surface area contributed by atoms with Crippen LogP contribution in [0.4, 0.5) is 0 Å². The lowest BCUT2D eigenvalue weighted by Crippen LogP contribution is -2.38. The maximum Gasteiger partial charge on any atom is 0.251 e. The van der Waals surface area contributed by atoms with Crippen LogP contribution in [0, 0.1) is 0 Å². The molecule has 0 aliphatic rings. The van der Waals surface area contributed by atoms with Gasteiger partial charge in [-0.25, -0.2) is 0 Å². The van der Waals surface area contributed by atoms with Crippen molar-refractivity contribution in [2.24, 2.45) is 0 Å². The van der Waals surface area contributed by atoms with Crippen molar-refractivity contribution in [3.63, 3.8) is 0 Å². The molecule has 1 amide bonds. The molecule has 2 N–H and O–H groups in total. The van der Waals surface area contributed by atoms with E-state index in [-0.39, 0.29) is 18.6 Å². The summed E-state index contributed by atoms with van der Waals surface area (Å²) in [5.74, 6) is 0.510. The van der Waals surface area contributed by atoms with Gasteiger partial charge in [-0.05, 0) is 62.6 Å². The van der Waals surface area contributed by atoms with Crippen LogP contribution in [0.2, 0.25) is 0 Å². The number of nitrogens with one attached hydrogen (secondary N) is 1. The Bertz CT molecular complexity index is 864. The monoisotopic (exact) mass is 369 g/mol. The molecule has 0 radical (unpaired) electrons. The molecular weight excluding hydrogens is 346 g/mol. The predicted molar refractivity (Wildman–Crippen MR) is 106 cm³/mol. The highest BCUT2D eigenvalue weighted by molar-refractivity contribution is 7.19. The second-order valence-electron chi connectivity index (χ2n) is 6.80. The van der Waals surface area contributed by atoms with Crippen molar-refractivity contribution in [2.75, 3.05) is 6.54 Å². The number of aliphatic hydroxyl groups is 1. The van der Waals surface area contributed by atoms with E-state index in [0.717, 1.165) is 20.7 Å².